The monoisotopic (exact) mass is 464 g/mol. The topological polar surface area (TPSA) is 62.0 Å². The summed E-state index contributed by atoms with van der Waals surface area (Å²) in [7, 11) is 1.80. The lowest BCUT2D eigenvalue weighted by molar-refractivity contribution is 0.0776. The minimum absolute atomic E-state index is 0. The fourth-order valence-electron chi connectivity index (χ4n) is 2.96. The Hall–Kier alpha value is -0.800. The van der Waals surface area contributed by atoms with Crippen LogP contribution in [0.25, 0.3) is 0 Å². The quantitative estimate of drug-likeness (QED) is 0.255. The molecule has 1 fully saturated rings. The zero-order chi connectivity index (χ0) is 17.2. The van der Waals surface area contributed by atoms with Gasteiger partial charge in [-0.05, 0) is 58.3 Å². The van der Waals surface area contributed by atoms with Gasteiger partial charge in [-0.15, -0.1) is 24.0 Å². The van der Waals surface area contributed by atoms with Gasteiger partial charge in [0.25, 0.3) is 0 Å². The zero-order valence-corrected chi connectivity index (χ0v) is 18.0. The van der Waals surface area contributed by atoms with Crippen LogP contribution in [0, 0.1) is 0 Å². The van der Waals surface area contributed by atoms with Gasteiger partial charge >= 0.3 is 0 Å². The van der Waals surface area contributed by atoms with Crippen LogP contribution in [0.3, 0.4) is 0 Å². The Balaban J connectivity index is 0.00000312. The molecule has 1 aromatic rings. The van der Waals surface area contributed by atoms with Gasteiger partial charge < -0.3 is 19.8 Å². The van der Waals surface area contributed by atoms with E-state index >= 15 is 0 Å². The molecular formula is C18H33IN4O2. The number of likely N-dealkylation sites (tertiary alicyclic amines) is 1. The Morgan fingerprint density at radius 1 is 1.32 bits per heavy atom. The summed E-state index contributed by atoms with van der Waals surface area (Å²) in [5.74, 6) is 1.85. The van der Waals surface area contributed by atoms with Crippen molar-refractivity contribution < 1.29 is 9.15 Å². The normalized spacial score (nSPS) is 16.7. The van der Waals surface area contributed by atoms with Crippen LogP contribution in [0.15, 0.2) is 27.8 Å². The molecule has 7 heteroatoms. The molecule has 1 saturated heterocycles. The molecule has 144 valence electrons. The van der Waals surface area contributed by atoms with Crippen molar-refractivity contribution in [3.63, 3.8) is 0 Å². The Kier molecular flexibility index (Phi) is 11.2. The van der Waals surface area contributed by atoms with Gasteiger partial charge in [0, 0.05) is 26.7 Å². The van der Waals surface area contributed by atoms with Crippen molar-refractivity contribution in [2.45, 2.75) is 45.3 Å². The molecule has 2 heterocycles. The lowest BCUT2D eigenvalue weighted by Crippen LogP contribution is -2.43. The number of furan rings is 1. The first-order valence-corrected chi connectivity index (χ1v) is 9.04. The van der Waals surface area contributed by atoms with E-state index in [1.54, 1.807) is 13.3 Å². The van der Waals surface area contributed by atoms with Gasteiger partial charge in [0.1, 0.15) is 5.76 Å². The van der Waals surface area contributed by atoms with Gasteiger partial charge in [-0.2, -0.15) is 0 Å². The highest BCUT2D eigenvalue weighted by atomic mass is 127. The number of aliphatic imine (C=N–C) groups is 1. The third kappa shape index (κ3) is 7.96. The molecule has 1 aliphatic rings. The molecule has 0 aliphatic carbocycles. The van der Waals surface area contributed by atoms with E-state index in [1.165, 1.54) is 12.8 Å². The van der Waals surface area contributed by atoms with Crippen molar-refractivity contribution in [2.75, 3.05) is 39.8 Å². The van der Waals surface area contributed by atoms with Crippen molar-refractivity contribution >= 4 is 29.9 Å². The molecule has 1 aromatic heterocycles. The minimum Gasteiger partial charge on any atom is -0.468 e. The summed E-state index contributed by atoms with van der Waals surface area (Å²) in [6, 6.07) is 4.27. The van der Waals surface area contributed by atoms with Crippen LogP contribution in [0.5, 0.6) is 0 Å². The number of halogens is 1. The summed E-state index contributed by atoms with van der Waals surface area (Å²) in [5.41, 5.74) is 0. The van der Waals surface area contributed by atoms with E-state index in [1.807, 2.05) is 6.07 Å². The third-order valence-electron chi connectivity index (χ3n) is 4.20. The van der Waals surface area contributed by atoms with E-state index in [-0.39, 0.29) is 36.1 Å². The van der Waals surface area contributed by atoms with E-state index in [0.29, 0.717) is 0 Å². The molecule has 1 aliphatic heterocycles. The number of nitrogens with one attached hydrogen (secondary N) is 2. The molecule has 25 heavy (non-hydrogen) atoms. The molecule has 0 aromatic carbocycles. The maximum atomic E-state index is 5.65. The highest BCUT2D eigenvalue weighted by Gasteiger charge is 2.25. The van der Waals surface area contributed by atoms with E-state index in [9.17, 15) is 0 Å². The van der Waals surface area contributed by atoms with Crippen molar-refractivity contribution in [1.82, 2.24) is 15.5 Å². The summed E-state index contributed by atoms with van der Waals surface area (Å²) in [6.07, 6.45) is 5.53. The predicted octanol–water partition coefficient (Wildman–Crippen LogP) is 3.01. The Morgan fingerprint density at radius 2 is 2.08 bits per heavy atom. The summed E-state index contributed by atoms with van der Waals surface area (Å²) >= 11 is 0. The van der Waals surface area contributed by atoms with Gasteiger partial charge in [0.2, 0.25) is 0 Å². The summed E-state index contributed by atoms with van der Waals surface area (Å²) < 4.78 is 11.2. The second-order valence-corrected chi connectivity index (χ2v) is 6.43. The molecule has 1 atom stereocenters. The largest absolute Gasteiger partial charge is 0.468 e. The number of rotatable bonds is 9. The van der Waals surface area contributed by atoms with Crippen LogP contribution in [0.4, 0.5) is 0 Å². The smallest absolute Gasteiger partial charge is 0.191 e. The van der Waals surface area contributed by atoms with Crippen molar-refractivity contribution in [1.29, 1.82) is 0 Å². The average molecular weight is 464 g/mol. The van der Waals surface area contributed by atoms with Crippen LogP contribution in [0.2, 0.25) is 0 Å². The Bertz CT molecular complexity index is 473. The van der Waals surface area contributed by atoms with E-state index < -0.39 is 0 Å². The number of ether oxygens (including phenoxy) is 1. The Labute approximate surface area is 168 Å². The maximum Gasteiger partial charge on any atom is 0.191 e. The van der Waals surface area contributed by atoms with Crippen molar-refractivity contribution in [2.24, 2.45) is 4.99 Å². The summed E-state index contributed by atoms with van der Waals surface area (Å²) in [5, 5.41) is 6.77. The lowest BCUT2D eigenvalue weighted by Gasteiger charge is -2.26. The molecular weight excluding hydrogens is 431 g/mol. The molecule has 1 unspecified atom stereocenters. The van der Waals surface area contributed by atoms with E-state index in [4.69, 9.17) is 9.15 Å². The van der Waals surface area contributed by atoms with Crippen LogP contribution >= 0.6 is 24.0 Å². The molecule has 0 amide bonds. The van der Waals surface area contributed by atoms with Crippen LogP contribution in [-0.4, -0.2) is 56.8 Å². The SMILES string of the molecule is CN=C(NCCCOC(C)C)NCC(c1ccco1)N1CCCC1.I. The highest BCUT2D eigenvalue weighted by Crippen LogP contribution is 2.24. The van der Waals surface area contributed by atoms with Crippen LogP contribution in [0.1, 0.15) is 44.9 Å². The number of hydrogen-bond donors (Lipinski definition) is 2. The first-order valence-electron chi connectivity index (χ1n) is 9.04. The van der Waals surface area contributed by atoms with E-state index in [2.05, 4.69) is 40.4 Å². The first-order chi connectivity index (χ1) is 11.7. The lowest BCUT2D eigenvalue weighted by atomic mass is 10.2. The average Bonchev–Trinajstić information content (AvgIpc) is 3.26. The molecule has 2 N–H and O–H groups in total. The van der Waals surface area contributed by atoms with Gasteiger partial charge in [-0.25, -0.2) is 0 Å². The van der Waals surface area contributed by atoms with Gasteiger partial charge in [-0.1, -0.05) is 0 Å². The first kappa shape index (κ1) is 22.2. The zero-order valence-electron chi connectivity index (χ0n) is 15.7. The van der Waals surface area contributed by atoms with Crippen LogP contribution < -0.4 is 10.6 Å². The number of hydrogen-bond acceptors (Lipinski definition) is 4. The molecule has 6 nitrogen and oxygen atoms in total. The van der Waals surface area contributed by atoms with E-state index in [0.717, 1.165) is 50.9 Å². The Morgan fingerprint density at radius 3 is 2.68 bits per heavy atom. The summed E-state index contributed by atoms with van der Waals surface area (Å²) in [4.78, 5) is 6.79. The number of guanidine groups is 1. The predicted molar refractivity (Wildman–Crippen MR) is 113 cm³/mol. The van der Waals surface area contributed by atoms with Gasteiger partial charge in [-0.3, -0.25) is 9.89 Å². The van der Waals surface area contributed by atoms with Gasteiger partial charge in [0.15, 0.2) is 5.96 Å². The maximum absolute atomic E-state index is 5.65. The highest BCUT2D eigenvalue weighted by molar-refractivity contribution is 14.0. The second-order valence-electron chi connectivity index (χ2n) is 6.43. The molecule has 0 spiro atoms. The van der Waals surface area contributed by atoms with Crippen molar-refractivity contribution in [3.05, 3.63) is 24.2 Å². The fraction of sp³-hybridized carbons (Fsp3) is 0.722. The fourth-order valence-corrected chi connectivity index (χ4v) is 2.96. The molecule has 2 rings (SSSR count). The molecule has 0 bridgehead atoms. The molecule has 0 radical (unpaired) electrons. The van der Waals surface area contributed by atoms with Crippen LogP contribution in [-0.2, 0) is 4.74 Å². The van der Waals surface area contributed by atoms with Gasteiger partial charge in [0.05, 0.1) is 18.4 Å². The summed E-state index contributed by atoms with van der Waals surface area (Å²) in [6.45, 7) is 8.78. The number of nitrogens with zero attached hydrogens (tertiary/aromatic N) is 2. The standard InChI is InChI=1S/C18H32N4O2.HI/c1-15(2)23-13-7-9-20-18(19-3)21-14-16(17-8-6-12-24-17)22-10-4-5-11-22;/h6,8,12,15-16H,4-5,7,9-11,13-14H2,1-3H3,(H2,19,20,21);1H. The second kappa shape index (κ2) is 12.5. The minimum atomic E-state index is 0. The molecule has 0 saturated carbocycles. The van der Waals surface area contributed by atoms with Crippen molar-refractivity contribution in [3.8, 4) is 0 Å². The third-order valence-corrected chi connectivity index (χ3v) is 4.20.